The summed E-state index contributed by atoms with van der Waals surface area (Å²) in [6.45, 7) is 4.10. The van der Waals surface area contributed by atoms with E-state index in [0.717, 1.165) is 63.6 Å². The van der Waals surface area contributed by atoms with Gasteiger partial charge < -0.3 is 20.6 Å². The van der Waals surface area contributed by atoms with Crippen molar-refractivity contribution in [3.8, 4) is 17.5 Å². The SMILES string of the molecule is CC(C)(O)[C@H](F)CNC(=O)c1cnc(-c2ccc3cc(C#N)cnn23)cc1NC12CCC(C(=O)N3CCC3)(CC1)CC2. The van der Waals surface area contributed by atoms with Gasteiger partial charge >= 0.3 is 0 Å². The highest BCUT2D eigenvalue weighted by Crippen LogP contribution is 2.54. The minimum atomic E-state index is -1.64. The number of nitriles is 1. The molecule has 3 N–H and O–H groups in total. The molecule has 4 fully saturated rings. The number of halogens is 1. The van der Waals surface area contributed by atoms with Gasteiger partial charge in [0, 0.05) is 30.2 Å². The van der Waals surface area contributed by atoms with E-state index in [1.54, 1.807) is 10.6 Å². The Balaban J connectivity index is 1.30. The molecule has 3 saturated carbocycles. The van der Waals surface area contributed by atoms with Crippen molar-refractivity contribution >= 4 is 23.0 Å². The molecule has 11 heteroatoms. The fraction of sp³-hybridized carbons (Fsp3) is 0.516. The molecular weight excluding hydrogens is 537 g/mol. The summed E-state index contributed by atoms with van der Waals surface area (Å²) < 4.78 is 16.2. The maximum absolute atomic E-state index is 14.5. The number of hydrogen-bond acceptors (Lipinski definition) is 7. The monoisotopic (exact) mass is 573 g/mol. The Labute approximate surface area is 243 Å². The summed E-state index contributed by atoms with van der Waals surface area (Å²) in [5, 5.41) is 29.9. The third-order valence-corrected chi connectivity index (χ3v) is 9.49. The molecule has 7 rings (SSSR count). The standard InChI is InChI=1S/C31H36FN7O3/c1-29(2,42)26(32)19-35-27(40)22-18-34-24(25-5-4-21-14-20(16-33)17-36-39(21)25)15-23(22)37-31-9-6-30(7-10-31,8-11-31)28(41)38-12-3-13-38/h4-5,14-15,17-18,26,42H,3,6-13,19H2,1-2H3,(H,34,37)(H,35,40)/t26-,30?,31?/m1/s1. The first kappa shape index (κ1) is 28.1. The van der Waals surface area contributed by atoms with Gasteiger partial charge in [-0.2, -0.15) is 10.4 Å². The number of aromatic nitrogens is 3. The molecule has 1 aliphatic heterocycles. The van der Waals surface area contributed by atoms with Gasteiger partial charge in [0.15, 0.2) is 0 Å². The van der Waals surface area contributed by atoms with Crippen LogP contribution in [0.4, 0.5) is 10.1 Å². The van der Waals surface area contributed by atoms with E-state index in [9.17, 15) is 24.3 Å². The summed E-state index contributed by atoms with van der Waals surface area (Å²) in [5.41, 5.74) is 1.16. The molecule has 10 nitrogen and oxygen atoms in total. The van der Waals surface area contributed by atoms with Crippen molar-refractivity contribution in [3.63, 3.8) is 0 Å². The Morgan fingerprint density at radius 2 is 1.86 bits per heavy atom. The van der Waals surface area contributed by atoms with E-state index in [4.69, 9.17) is 0 Å². The molecule has 1 saturated heterocycles. The average Bonchev–Trinajstić information content (AvgIpc) is 3.38. The van der Waals surface area contributed by atoms with E-state index < -0.39 is 17.7 Å². The Morgan fingerprint density at radius 1 is 1.14 bits per heavy atom. The van der Waals surface area contributed by atoms with Crippen LogP contribution in [-0.2, 0) is 4.79 Å². The topological polar surface area (TPSA) is 136 Å². The second-order valence-electron chi connectivity index (χ2n) is 12.7. The first-order valence-corrected chi connectivity index (χ1v) is 14.6. The van der Waals surface area contributed by atoms with Crippen LogP contribution < -0.4 is 10.6 Å². The van der Waals surface area contributed by atoms with Crippen LogP contribution in [0.5, 0.6) is 0 Å². The van der Waals surface area contributed by atoms with Crippen molar-refractivity contribution in [1.82, 2.24) is 24.8 Å². The molecule has 0 spiro atoms. The molecule has 2 amide bonds. The van der Waals surface area contributed by atoms with Crippen molar-refractivity contribution in [2.75, 3.05) is 25.0 Å². The molecular formula is C31H36FN7O3. The molecule has 4 aliphatic rings. The summed E-state index contributed by atoms with van der Waals surface area (Å²) in [5.74, 6) is -0.196. The molecule has 3 aromatic heterocycles. The van der Waals surface area contributed by atoms with Crippen LogP contribution in [0.15, 0.2) is 36.7 Å². The number of aliphatic hydroxyl groups is 1. The number of amides is 2. The van der Waals surface area contributed by atoms with Gasteiger partial charge in [0.2, 0.25) is 5.91 Å². The van der Waals surface area contributed by atoms with E-state index in [-0.39, 0.29) is 23.1 Å². The van der Waals surface area contributed by atoms with Crippen LogP contribution in [0.3, 0.4) is 0 Å². The Hall–Kier alpha value is -4.04. The highest BCUT2D eigenvalue weighted by molar-refractivity contribution is 6.00. The van der Waals surface area contributed by atoms with Gasteiger partial charge in [-0.05, 0) is 83.1 Å². The third-order valence-electron chi connectivity index (χ3n) is 9.49. The molecule has 3 aromatic rings. The maximum Gasteiger partial charge on any atom is 0.255 e. The lowest BCUT2D eigenvalue weighted by Crippen LogP contribution is -2.58. The lowest BCUT2D eigenvalue weighted by molar-refractivity contribution is -0.152. The number of pyridine rings is 1. The predicted octanol–water partition coefficient (Wildman–Crippen LogP) is 3.84. The maximum atomic E-state index is 14.5. The number of likely N-dealkylation sites (tertiary alicyclic amines) is 1. The van der Waals surface area contributed by atoms with Crippen LogP contribution >= 0.6 is 0 Å². The van der Waals surface area contributed by atoms with Gasteiger partial charge in [0.1, 0.15) is 12.2 Å². The summed E-state index contributed by atoms with van der Waals surface area (Å²) >= 11 is 0. The minimum Gasteiger partial charge on any atom is -0.387 e. The van der Waals surface area contributed by atoms with Crippen LogP contribution in [0.1, 0.15) is 74.7 Å². The van der Waals surface area contributed by atoms with Crippen LogP contribution in [0, 0.1) is 16.7 Å². The van der Waals surface area contributed by atoms with Crippen LogP contribution in [-0.4, -0.2) is 73.4 Å². The van der Waals surface area contributed by atoms with E-state index in [0.29, 0.717) is 28.5 Å². The fourth-order valence-corrected chi connectivity index (χ4v) is 6.50. The number of fused-ring (bicyclic) bond motifs is 4. The zero-order chi connectivity index (χ0) is 29.7. The number of carbonyl (C=O) groups excluding carboxylic acids is 2. The minimum absolute atomic E-state index is 0.274. The summed E-state index contributed by atoms with van der Waals surface area (Å²) in [7, 11) is 0. The second kappa shape index (κ2) is 10.3. The zero-order valence-corrected chi connectivity index (χ0v) is 24.0. The molecule has 4 heterocycles. The summed E-state index contributed by atoms with van der Waals surface area (Å²) in [6.07, 6.45) is 7.24. The number of nitrogens with one attached hydrogen (secondary N) is 2. The van der Waals surface area contributed by atoms with Crippen molar-refractivity contribution in [1.29, 1.82) is 5.26 Å². The second-order valence-corrected chi connectivity index (χ2v) is 12.7. The zero-order valence-electron chi connectivity index (χ0n) is 24.0. The number of rotatable bonds is 8. The largest absolute Gasteiger partial charge is 0.387 e. The molecule has 2 bridgehead atoms. The Bertz CT molecular complexity index is 1560. The summed E-state index contributed by atoms with van der Waals surface area (Å²) in [6, 6.07) is 9.37. The third kappa shape index (κ3) is 4.98. The van der Waals surface area contributed by atoms with Crippen LogP contribution in [0.25, 0.3) is 16.9 Å². The lowest BCUT2D eigenvalue weighted by atomic mass is 9.56. The molecule has 3 aliphatic carbocycles. The van der Waals surface area contributed by atoms with Gasteiger partial charge in [-0.1, -0.05) is 0 Å². The number of carbonyl (C=O) groups is 2. The van der Waals surface area contributed by atoms with Crippen LogP contribution in [0.2, 0.25) is 0 Å². The van der Waals surface area contributed by atoms with Gasteiger partial charge in [-0.3, -0.25) is 14.6 Å². The van der Waals surface area contributed by atoms with Gasteiger partial charge in [0.05, 0.1) is 52.1 Å². The highest BCUT2D eigenvalue weighted by Gasteiger charge is 2.54. The average molecular weight is 574 g/mol. The number of alkyl halides is 1. The highest BCUT2D eigenvalue weighted by atomic mass is 19.1. The van der Waals surface area contributed by atoms with Crippen molar-refractivity contribution in [2.24, 2.45) is 5.41 Å². The molecule has 1 atom stereocenters. The Morgan fingerprint density at radius 3 is 2.48 bits per heavy atom. The van der Waals surface area contributed by atoms with E-state index >= 15 is 0 Å². The molecule has 0 unspecified atom stereocenters. The molecule has 220 valence electrons. The van der Waals surface area contributed by atoms with E-state index in [2.05, 4.69) is 26.8 Å². The molecule has 42 heavy (non-hydrogen) atoms. The van der Waals surface area contributed by atoms with Gasteiger partial charge in [-0.15, -0.1) is 0 Å². The smallest absolute Gasteiger partial charge is 0.255 e. The normalized spacial score (nSPS) is 24.1. The van der Waals surface area contributed by atoms with Crippen molar-refractivity contribution in [3.05, 3.63) is 47.8 Å². The molecule has 0 radical (unpaired) electrons. The van der Waals surface area contributed by atoms with Crippen molar-refractivity contribution < 1.29 is 19.1 Å². The van der Waals surface area contributed by atoms with E-state index in [1.807, 2.05) is 23.1 Å². The Kier molecular flexibility index (Phi) is 6.92. The van der Waals surface area contributed by atoms with Gasteiger partial charge in [0.25, 0.3) is 5.91 Å². The first-order valence-electron chi connectivity index (χ1n) is 14.6. The summed E-state index contributed by atoms with van der Waals surface area (Å²) in [4.78, 5) is 33.2. The number of hydrogen-bond donors (Lipinski definition) is 3. The molecule has 0 aromatic carbocycles. The quantitative estimate of drug-likeness (QED) is 0.373. The van der Waals surface area contributed by atoms with E-state index in [1.165, 1.54) is 26.2 Å². The lowest BCUT2D eigenvalue weighted by Gasteiger charge is -2.55. The van der Waals surface area contributed by atoms with Crippen molar-refractivity contribution in [2.45, 2.75) is 76.1 Å². The fourth-order valence-electron chi connectivity index (χ4n) is 6.50. The predicted molar refractivity (Wildman–Crippen MR) is 154 cm³/mol. The van der Waals surface area contributed by atoms with Gasteiger partial charge in [-0.25, -0.2) is 8.91 Å². The first-order chi connectivity index (χ1) is 20.0. The number of anilines is 1. The number of nitrogens with zero attached hydrogens (tertiary/aromatic N) is 5.